The average molecular weight is 557 g/mol. The van der Waals surface area contributed by atoms with E-state index in [4.69, 9.17) is 4.42 Å². The molecule has 0 bridgehead atoms. The summed E-state index contributed by atoms with van der Waals surface area (Å²) in [6.07, 6.45) is 3.81. The second-order valence-corrected chi connectivity index (χ2v) is 6.76. The van der Waals surface area contributed by atoms with Crippen LogP contribution in [0.15, 0.2) is 77.5 Å². The SMILES string of the molecule is Cc1nc2c(-c3nccn3-c3c(C)cccc3-c3ccccc3)[c-]ccc2o1.[Ir]. The maximum absolute atomic E-state index is 5.70. The van der Waals surface area contributed by atoms with Gasteiger partial charge in [-0.3, -0.25) is 9.97 Å². The van der Waals surface area contributed by atoms with Gasteiger partial charge in [-0.25, -0.2) is 0 Å². The van der Waals surface area contributed by atoms with Crippen molar-refractivity contribution in [1.29, 1.82) is 0 Å². The molecule has 0 spiro atoms. The van der Waals surface area contributed by atoms with E-state index in [1.54, 1.807) is 0 Å². The van der Waals surface area contributed by atoms with Gasteiger partial charge in [0.25, 0.3) is 0 Å². The number of benzene rings is 3. The largest absolute Gasteiger partial charge is 0.461 e. The molecule has 4 nitrogen and oxygen atoms in total. The maximum Gasteiger partial charge on any atom is 0.180 e. The number of oxazole rings is 1. The van der Waals surface area contributed by atoms with Gasteiger partial charge in [0.05, 0.1) is 11.4 Å². The summed E-state index contributed by atoms with van der Waals surface area (Å²) >= 11 is 0. The smallest absolute Gasteiger partial charge is 0.180 e. The zero-order valence-corrected chi connectivity index (χ0v) is 18.4. The number of fused-ring (bicyclic) bond motifs is 1. The van der Waals surface area contributed by atoms with E-state index in [2.05, 4.69) is 70.0 Å². The molecule has 0 saturated heterocycles. The van der Waals surface area contributed by atoms with Gasteiger partial charge in [0, 0.05) is 56.2 Å². The normalized spacial score (nSPS) is 10.8. The van der Waals surface area contributed by atoms with Crippen LogP contribution in [-0.4, -0.2) is 14.5 Å². The number of aromatic nitrogens is 3. The monoisotopic (exact) mass is 557 g/mol. The fraction of sp³-hybridized carbons (Fsp3) is 0.0833. The summed E-state index contributed by atoms with van der Waals surface area (Å²) in [5.41, 5.74) is 6.96. The molecule has 0 unspecified atom stereocenters. The number of nitrogens with zero attached hydrogens (tertiary/aromatic N) is 3. The molecule has 0 amide bonds. The van der Waals surface area contributed by atoms with Crippen LogP contribution in [0.1, 0.15) is 11.5 Å². The Kier molecular flexibility index (Phi) is 5.18. The molecule has 0 saturated carbocycles. The van der Waals surface area contributed by atoms with Crippen molar-refractivity contribution in [2.75, 3.05) is 0 Å². The Bertz CT molecular complexity index is 1290. The van der Waals surface area contributed by atoms with Gasteiger partial charge in [-0.1, -0.05) is 60.2 Å². The second kappa shape index (κ2) is 7.78. The number of aryl methyl sites for hydroxylation is 2. The van der Waals surface area contributed by atoms with Crippen molar-refractivity contribution in [2.45, 2.75) is 13.8 Å². The topological polar surface area (TPSA) is 43.9 Å². The summed E-state index contributed by atoms with van der Waals surface area (Å²) < 4.78 is 7.82. The molecule has 0 N–H and O–H groups in total. The molecule has 2 aromatic heterocycles. The molecular weight excluding hydrogens is 539 g/mol. The summed E-state index contributed by atoms with van der Waals surface area (Å²) in [4.78, 5) is 9.20. The van der Waals surface area contributed by atoms with Gasteiger partial charge < -0.3 is 8.98 Å². The molecule has 0 atom stereocenters. The Labute approximate surface area is 182 Å². The first-order valence-electron chi connectivity index (χ1n) is 9.19. The zero-order valence-electron chi connectivity index (χ0n) is 16.0. The van der Waals surface area contributed by atoms with Gasteiger partial charge in [-0.2, -0.15) is 0 Å². The van der Waals surface area contributed by atoms with Crippen molar-refractivity contribution in [3.63, 3.8) is 0 Å². The fourth-order valence-corrected chi connectivity index (χ4v) is 3.67. The van der Waals surface area contributed by atoms with Gasteiger partial charge in [0.15, 0.2) is 5.89 Å². The van der Waals surface area contributed by atoms with Crippen LogP contribution < -0.4 is 0 Å². The molecule has 29 heavy (non-hydrogen) atoms. The molecule has 3 aromatic carbocycles. The fourth-order valence-electron chi connectivity index (χ4n) is 3.67. The van der Waals surface area contributed by atoms with E-state index in [0.29, 0.717) is 5.89 Å². The van der Waals surface area contributed by atoms with E-state index in [0.717, 1.165) is 33.7 Å². The zero-order chi connectivity index (χ0) is 19.1. The van der Waals surface area contributed by atoms with Gasteiger partial charge in [-0.05, 0) is 18.1 Å². The minimum absolute atomic E-state index is 0. The third-order valence-corrected chi connectivity index (χ3v) is 4.89. The quantitative estimate of drug-likeness (QED) is 0.266. The number of rotatable bonds is 3. The second-order valence-electron chi connectivity index (χ2n) is 6.76. The summed E-state index contributed by atoms with van der Waals surface area (Å²) in [7, 11) is 0. The summed E-state index contributed by atoms with van der Waals surface area (Å²) in [6.45, 7) is 3.97. The van der Waals surface area contributed by atoms with Crippen LogP contribution in [0.2, 0.25) is 0 Å². The Morgan fingerprint density at radius 3 is 2.62 bits per heavy atom. The van der Waals surface area contributed by atoms with Crippen LogP contribution in [0, 0.1) is 19.9 Å². The van der Waals surface area contributed by atoms with Crippen molar-refractivity contribution in [3.05, 3.63) is 90.6 Å². The maximum atomic E-state index is 5.70. The first-order chi connectivity index (χ1) is 13.7. The van der Waals surface area contributed by atoms with E-state index >= 15 is 0 Å². The van der Waals surface area contributed by atoms with Crippen LogP contribution >= 0.6 is 0 Å². The molecule has 1 radical (unpaired) electrons. The van der Waals surface area contributed by atoms with Gasteiger partial charge >= 0.3 is 0 Å². The molecule has 5 heteroatoms. The molecule has 145 valence electrons. The van der Waals surface area contributed by atoms with E-state index in [9.17, 15) is 0 Å². The van der Waals surface area contributed by atoms with Crippen LogP contribution in [0.3, 0.4) is 0 Å². The standard InChI is InChI=1S/C24H18N3O.Ir/c1-16-8-6-11-19(18-9-4-3-5-10-18)23(16)27-15-14-25-24(27)20-12-7-13-21-22(20)26-17(2)28-21;/h3-11,13-15H,1-2H3;/q-1;. The van der Waals surface area contributed by atoms with E-state index in [-0.39, 0.29) is 20.1 Å². The Morgan fingerprint density at radius 2 is 1.79 bits per heavy atom. The summed E-state index contributed by atoms with van der Waals surface area (Å²) in [6, 6.07) is 23.8. The van der Waals surface area contributed by atoms with Crippen LogP contribution in [0.25, 0.3) is 39.3 Å². The minimum Gasteiger partial charge on any atom is -0.461 e. The molecule has 5 aromatic rings. The van der Waals surface area contributed by atoms with Crippen LogP contribution in [-0.2, 0) is 20.1 Å². The van der Waals surface area contributed by atoms with Gasteiger partial charge in [0.1, 0.15) is 0 Å². The molecule has 5 rings (SSSR count). The molecular formula is C24H18IrN3O-. The third kappa shape index (κ3) is 3.33. The minimum atomic E-state index is 0. The average Bonchev–Trinajstić information content (AvgIpc) is 3.34. The number of hydrogen-bond donors (Lipinski definition) is 0. The van der Waals surface area contributed by atoms with Crippen molar-refractivity contribution in [1.82, 2.24) is 14.5 Å². The molecule has 0 fully saturated rings. The number of para-hydroxylation sites is 1. The first-order valence-corrected chi connectivity index (χ1v) is 9.19. The Hall–Kier alpha value is -3.01. The third-order valence-electron chi connectivity index (χ3n) is 4.89. The van der Waals surface area contributed by atoms with E-state index in [1.807, 2.05) is 37.5 Å². The number of imidazole rings is 1. The Morgan fingerprint density at radius 1 is 0.966 bits per heavy atom. The van der Waals surface area contributed by atoms with E-state index < -0.39 is 0 Å². The molecule has 0 aliphatic heterocycles. The summed E-state index contributed by atoms with van der Waals surface area (Å²) in [5.74, 6) is 1.43. The van der Waals surface area contributed by atoms with Gasteiger partial charge in [-0.15, -0.1) is 12.1 Å². The summed E-state index contributed by atoms with van der Waals surface area (Å²) in [5, 5.41) is 0. The first kappa shape index (κ1) is 19.3. The van der Waals surface area contributed by atoms with Crippen molar-refractivity contribution in [2.24, 2.45) is 0 Å². The Balaban J connectivity index is 0.00000205. The molecule has 2 heterocycles. The number of hydrogen-bond acceptors (Lipinski definition) is 3. The van der Waals surface area contributed by atoms with Crippen molar-refractivity contribution in [3.8, 4) is 28.2 Å². The van der Waals surface area contributed by atoms with Crippen molar-refractivity contribution >= 4 is 11.1 Å². The van der Waals surface area contributed by atoms with Crippen molar-refractivity contribution < 1.29 is 24.5 Å². The van der Waals surface area contributed by atoms with Crippen LogP contribution in [0.5, 0.6) is 0 Å². The molecule has 0 aliphatic rings. The molecule has 0 aliphatic carbocycles. The van der Waals surface area contributed by atoms with Crippen LogP contribution in [0.4, 0.5) is 0 Å². The predicted molar refractivity (Wildman–Crippen MR) is 110 cm³/mol. The van der Waals surface area contributed by atoms with E-state index in [1.165, 1.54) is 11.1 Å². The predicted octanol–water partition coefficient (Wildman–Crippen LogP) is 5.76. The van der Waals surface area contributed by atoms with Gasteiger partial charge in [0.2, 0.25) is 0 Å².